The summed E-state index contributed by atoms with van der Waals surface area (Å²) in [5.74, 6) is 0.140. The van der Waals surface area contributed by atoms with E-state index in [1.165, 1.54) is 0 Å². The zero-order valence-corrected chi connectivity index (χ0v) is 24.4. The topological polar surface area (TPSA) is 82.9 Å². The molecule has 0 saturated carbocycles. The van der Waals surface area contributed by atoms with Gasteiger partial charge >= 0.3 is 5.97 Å². The third-order valence-corrected chi connectivity index (χ3v) is 8.92. The van der Waals surface area contributed by atoms with Crippen molar-refractivity contribution < 1.29 is 19.0 Å². The van der Waals surface area contributed by atoms with E-state index in [0.29, 0.717) is 6.10 Å². The van der Waals surface area contributed by atoms with Gasteiger partial charge in [-0.25, -0.2) is 9.78 Å². The van der Waals surface area contributed by atoms with E-state index in [9.17, 15) is 9.59 Å². The highest BCUT2D eigenvalue weighted by Crippen LogP contribution is 2.47. The highest BCUT2D eigenvalue weighted by atomic mass is 32.1. The van der Waals surface area contributed by atoms with E-state index in [4.69, 9.17) is 19.2 Å². The maximum absolute atomic E-state index is 13.0. The number of aromatic nitrogens is 2. The number of fused-ring (bicyclic) bond motifs is 3. The summed E-state index contributed by atoms with van der Waals surface area (Å²) in [5.41, 5.74) is 3.46. The summed E-state index contributed by atoms with van der Waals surface area (Å²) >= 11 is 1.67. The first-order valence-electron chi connectivity index (χ1n) is 13.5. The number of anilines is 1. The highest BCUT2D eigenvalue weighted by Gasteiger charge is 2.34. The number of esters is 1. The van der Waals surface area contributed by atoms with Gasteiger partial charge in [0, 0.05) is 55.8 Å². The molecule has 0 radical (unpaired) electrons. The van der Waals surface area contributed by atoms with E-state index in [1.54, 1.807) is 44.7 Å². The first-order chi connectivity index (χ1) is 18.6. The maximum Gasteiger partial charge on any atom is 0.343 e. The van der Waals surface area contributed by atoms with Crippen LogP contribution >= 0.6 is 11.3 Å². The van der Waals surface area contributed by atoms with Gasteiger partial charge in [-0.05, 0) is 49.3 Å². The van der Waals surface area contributed by atoms with Crippen LogP contribution in [-0.4, -0.2) is 55.5 Å². The minimum absolute atomic E-state index is 0.0362. The Kier molecular flexibility index (Phi) is 7.57. The Balaban J connectivity index is 1.57. The summed E-state index contributed by atoms with van der Waals surface area (Å²) in [6, 6.07) is 5.81. The summed E-state index contributed by atoms with van der Waals surface area (Å²) in [5, 5.41) is 1.01. The number of thiazole rings is 1. The molecule has 0 bridgehead atoms. The quantitative estimate of drug-likeness (QED) is 0.370. The van der Waals surface area contributed by atoms with Gasteiger partial charge in [0.2, 0.25) is 0 Å². The van der Waals surface area contributed by atoms with Crippen LogP contribution in [0.3, 0.4) is 0 Å². The van der Waals surface area contributed by atoms with E-state index >= 15 is 0 Å². The highest BCUT2D eigenvalue weighted by molar-refractivity contribution is 7.19. The van der Waals surface area contributed by atoms with E-state index in [-0.39, 0.29) is 29.1 Å². The molecule has 0 N–H and O–H groups in total. The van der Waals surface area contributed by atoms with Crippen molar-refractivity contribution in [2.45, 2.75) is 59.1 Å². The molecule has 0 spiro atoms. The second kappa shape index (κ2) is 10.8. The second-order valence-corrected chi connectivity index (χ2v) is 12.3. The average Bonchev–Trinajstić information content (AvgIpc) is 3.41. The van der Waals surface area contributed by atoms with Crippen LogP contribution in [0, 0.1) is 5.41 Å². The Bertz CT molecular complexity index is 1430. The van der Waals surface area contributed by atoms with Gasteiger partial charge < -0.3 is 23.7 Å². The number of carbonyl (C=O) groups is 1. The smallest absolute Gasteiger partial charge is 0.343 e. The van der Waals surface area contributed by atoms with Crippen LogP contribution in [0.4, 0.5) is 5.13 Å². The molecule has 2 aliphatic heterocycles. The van der Waals surface area contributed by atoms with Crippen LogP contribution in [0.25, 0.3) is 21.7 Å². The predicted molar refractivity (Wildman–Crippen MR) is 154 cm³/mol. The summed E-state index contributed by atoms with van der Waals surface area (Å²) in [4.78, 5) is 33.7. The number of hydrogen-bond acceptors (Lipinski definition) is 8. The third-order valence-electron chi connectivity index (χ3n) is 7.83. The zero-order chi connectivity index (χ0) is 27.9. The average molecular weight is 552 g/mol. The first-order valence-corrected chi connectivity index (χ1v) is 14.3. The van der Waals surface area contributed by atoms with Gasteiger partial charge in [0.05, 0.1) is 30.4 Å². The van der Waals surface area contributed by atoms with Crippen molar-refractivity contribution in [3.8, 4) is 27.4 Å². The number of nitrogens with zero attached hydrogens (tertiary/aromatic N) is 3. The molecule has 8 nitrogen and oxygen atoms in total. The van der Waals surface area contributed by atoms with Crippen molar-refractivity contribution in [1.29, 1.82) is 0 Å². The minimum Gasteiger partial charge on any atom is -0.496 e. The lowest BCUT2D eigenvalue weighted by molar-refractivity contribution is 0.0523. The Hall–Kier alpha value is -3.17. The van der Waals surface area contributed by atoms with Gasteiger partial charge in [-0.3, -0.25) is 4.79 Å². The summed E-state index contributed by atoms with van der Waals surface area (Å²) in [6.45, 7) is 10.4. The van der Waals surface area contributed by atoms with Crippen molar-refractivity contribution in [3.05, 3.63) is 51.9 Å². The summed E-state index contributed by atoms with van der Waals surface area (Å²) < 4.78 is 18.6. The van der Waals surface area contributed by atoms with Gasteiger partial charge in [0.15, 0.2) is 10.6 Å². The number of pyridine rings is 1. The van der Waals surface area contributed by atoms with E-state index in [1.807, 2.05) is 12.3 Å². The van der Waals surface area contributed by atoms with E-state index in [0.717, 1.165) is 70.5 Å². The lowest BCUT2D eigenvalue weighted by Gasteiger charge is -2.39. The van der Waals surface area contributed by atoms with Crippen molar-refractivity contribution in [2.24, 2.45) is 5.41 Å². The fourth-order valence-electron chi connectivity index (χ4n) is 5.63. The molecular formula is C30H37N3O5S. The van der Waals surface area contributed by atoms with E-state index < -0.39 is 5.97 Å². The Labute approximate surface area is 233 Å². The predicted octanol–water partition coefficient (Wildman–Crippen LogP) is 5.58. The number of hydrogen-bond donors (Lipinski definition) is 0. The molecule has 9 heteroatoms. The van der Waals surface area contributed by atoms with Crippen LogP contribution in [-0.2, 0) is 15.9 Å². The number of rotatable bonds is 6. The molecule has 2 aromatic heterocycles. The first kappa shape index (κ1) is 27.4. The molecule has 1 unspecified atom stereocenters. The largest absolute Gasteiger partial charge is 0.496 e. The molecule has 0 amide bonds. The summed E-state index contributed by atoms with van der Waals surface area (Å²) in [7, 11) is 3.45. The minimum atomic E-state index is -0.586. The molecule has 0 aliphatic carbocycles. The van der Waals surface area contributed by atoms with Crippen molar-refractivity contribution >= 4 is 22.4 Å². The Morgan fingerprint density at radius 2 is 1.87 bits per heavy atom. The SMILES string of the molecule is CCOC(=O)c1cn2c(cc1=O)-c1cc(OC)c(-c3cnc(N4CCC(OC)CC4)s3)cc1CC2C(C)(C)C. The monoisotopic (exact) mass is 551 g/mol. The molecule has 4 heterocycles. The number of carbonyl (C=O) groups excluding carboxylic acids is 1. The number of benzene rings is 1. The van der Waals surface area contributed by atoms with Crippen LogP contribution in [0.15, 0.2) is 35.4 Å². The lowest BCUT2D eigenvalue weighted by atomic mass is 9.78. The lowest BCUT2D eigenvalue weighted by Crippen LogP contribution is -2.36. The number of methoxy groups -OCH3 is 2. The molecule has 2 aliphatic rings. The number of piperidine rings is 1. The van der Waals surface area contributed by atoms with Crippen molar-refractivity contribution in [3.63, 3.8) is 0 Å². The molecule has 5 rings (SSSR count). The maximum atomic E-state index is 13.0. The molecule has 1 aromatic carbocycles. The molecule has 1 saturated heterocycles. The summed E-state index contributed by atoms with van der Waals surface area (Å²) in [6.07, 6.45) is 6.68. The van der Waals surface area contributed by atoms with E-state index in [2.05, 4.69) is 36.3 Å². The van der Waals surface area contributed by atoms with Crippen molar-refractivity contribution in [2.75, 3.05) is 38.8 Å². The van der Waals surface area contributed by atoms with Gasteiger partial charge in [-0.15, -0.1) is 0 Å². The number of ether oxygens (including phenoxy) is 3. The molecule has 3 aromatic rings. The molecular weight excluding hydrogens is 514 g/mol. The zero-order valence-electron chi connectivity index (χ0n) is 23.6. The standard InChI is InChI=1S/C30H37N3O5S/c1-7-38-28(35)22-17-33-23(15-24(22)34)20-14-25(37-6)21(12-18(20)13-27(33)30(2,3)4)26-16-31-29(39-26)32-10-8-19(36-5)9-11-32/h12,14-17,19,27H,7-11,13H2,1-6H3. The second-order valence-electron chi connectivity index (χ2n) is 11.3. The van der Waals surface area contributed by atoms with Gasteiger partial charge in [0.25, 0.3) is 0 Å². The third kappa shape index (κ3) is 5.22. The fourth-order valence-corrected chi connectivity index (χ4v) is 6.62. The van der Waals surface area contributed by atoms with Crippen LogP contribution in [0.2, 0.25) is 0 Å². The van der Waals surface area contributed by atoms with Gasteiger partial charge in [0.1, 0.15) is 11.3 Å². The molecule has 208 valence electrons. The van der Waals surface area contributed by atoms with Gasteiger partial charge in [-0.2, -0.15) is 0 Å². The fraction of sp³-hybridized carbons (Fsp3) is 0.500. The van der Waals surface area contributed by atoms with Crippen LogP contribution < -0.4 is 15.1 Å². The Morgan fingerprint density at radius 3 is 2.51 bits per heavy atom. The normalized spacial score (nSPS) is 17.5. The molecule has 1 atom stereocenters. The Morgan fingerprint density at radius 1 is 1.13 bits per heavy atom. The molecule has 1 fully saturated rings. The van der Waals surface area contributed by atoms with Crippen LogP contribution in [0.5, 0.6) is 5.75 Å². The van der Waals surface area contributed by atoms with Gasteiger partial charge in [-0.1, -0.05) is 32.1 Å². The molecule has 39 heavy (non-hydrogen) atoms. The van der Waals surface area contributed by atoms with Crippen molar-refractivity contribution in [1.82, 2.24) is 9.55 Å². The van der Waals surface area contributed by atoms with Crippen LogP contribution in [0.1, 0.15) is 62.5 Å².